The molecule has 1 radical (unpaired) electrons. The van der Waals surface area contributed by atoms with Crippen molar-refractivity contribution in [1.82, 2.24) is 9.97 Å². The van der Waals surface area contributed by atoms with Gasteiger partial charge in [-0.15, -0.1) is 0 Å². The van der Waals surface area contributed by atoms with E-state index in [0.29, 0.717) is 0 Å². The van der Waals surface area contributed by atoms with Gasteiger partial charge >= 0.3 is 0 Å². The Balaban J connectivity index is 0.00000820. The molecule has 0 unspecified atom stereocenters. The predicted molar refractivity (Wildman–Crippen MR) is 274 cm³/mol. The maximum absolute atomic E-state index is 13.2. The van der Waals surface area contributed by atoms with Gasteiger partial charge in [0, 0.05) is 75.6 Å². The summed E-state index contributed by atoms with van der Waals surface area (Å²) in [5, 5.41) is 12.8. The number of pyridine rings is 2. The number of nitrogens with zero attached hydrogens (tertiary/aromatic N) is 4. The Morgan fingerprint density at radius 3 is 1.16 bits per heavy atom. The van der Waals surface area contributed by atoms with Crippen molar-refractivity contribution in [2.45, 2.75) is 9.79 Å². The van der Waals surface area contributed by atoms with Gasteiger partial charge in [0.2, 0.25) is 11.6 Å². The molecule has 2 aromatic heterocycles. The number of ketones is 2. The molecule has 8 rings (SSSR count). The van der Waals surface area contributed by atoms with Crippen LogP contribution < -0.4 is 21.5 Å². The zero-order chi connectivity index (χ0) is 53.3. The van der Waals surface area contributed by atoms with Gasteiger partial charge in [0.25, 0.3) is 52.3 Å². The van der Waals surface area contributed by atoms with Gasteiger partial charge in [0.15, 0.2) is 0 Å². The number of aromatic nitrogens is 2. The Labute approximate surface area is 447 Å². The van der Waals surface area contributed by atoms with Crippen LogP contribution in [0.5, 0.6) is 0 Å². The summed E-state index contributed by atoms with van der Waals surface area (Å²) in [6.07, 6.45) is 6.47. The smallest absolute Gasteiger partial charge is 0.295 e. The van der Waals surface area contributed by atoms with E-state index in [9.17, 15) is 71.1 Å². The fourth-order valence-electron chi connectivity index (χ4n) is 7.11. The van der Waals surface area contributed by atoms with E-state index in [1.165, 1.54) is 109 Å². The van der Waals surface area contributed by atoms with Gasteiger partial charge in [-0.2, -0.15) is 43.9 Å². The van der Waals surface area contributed by atoms with Gasteiger partial charge in [-0.3, -0.25) is 58.2 Å². The molecule has 0 saturated heterocycles. The molecule has 0 saturated carbocycles. The number of nitrogens with one attached hydrogen (secondary N) is 4. The Bertz CT molecular complexity index is 3770. The Morgan fingerprint density at radius 1 is 0.480 bits per heavy atom. The minimum absolute atomic E-state index is 0. The zero-order valence-corrected chi connectivity index (χ0v) is 43.2. The van der Waals surface area contributed by atoms with E-state index < -0.39 is 94.9 Å². The van der Waals surface area contributed by atoms with E-state index in [4.69, 9.17) is 0 Å². The predicted octanol–water partition coefficient (Wildman–Crippen LogP) is 5.05. The number of allylic oxidation sites excluding steroid dienone is 2. The number of hydrogen-bond acceptors (Lipinski definition) is 18. The molecule has 29 heteroatoms. The van der Waals surface area contributed by atoms with E-state index in [1.807, 2.05) is 0 Å². The van der Waals surface area contributed by atoms with Crippen LogP contribution in [0.25, 0.3) is 22.0 Å². The average molecular weight is 1100 g/mol. The molecule has 0 atom stereocenters. The molecule has 377 valence electrons. The van der Waals surface area contributed by atoms with Crippen LogP contribution in [0.3, 0.4) is 0 Å². The van der Waals surface area contributed by atoms with Gasteiger partial charge < -0.3 is 10.6 Å². The zero-order valence-electron chi connectivity index (χ0n) is 38.0. The number of hydrazone groups is 2. The number of rotatable bonds is 14. The van der Waals surface area contributed by atoms with E-state index in [0.717, 1.165) is 36.4 Å². The van der Waals surface area contributed by atoms with Gasteiger partial charge in [-0.05, 0) is 120 Å². The number of hydrogen-bond donors (Lipinski definition) is 8. The van der Waals surface area contributed by atoms with Gasteiger partial charge in [0.05, 0.1) is 11.4 Å². The van der Waals surface area contributed by atoms with Crippen LogP contribution in [-0.2, 0) is 40.5 Å². The van der Waals surface area contributed by atoms with Crippen LogP contribution in [0.2, 0.25) is 0 Å². The monoisotopic (exact) mass is 1100 g/mol. The molecular formula is C46H32N8NaO16S4. The number of Topliss-reactive ketones (excluding diaryl/α,β-unsaturated/α-hetero) is 2. The number of amides is 2. The van der Waals surface area contributed by atoms with Crippen LogP contribution in [0.1, 0.15) is 63.9 Å². The van der Waals surface area contributed by atoms with Crippen LogP contribution in [0, 0.1) is 0 Å². The molecule has 8 N–H and O–H groups in total. The van der Waals surface area contributed by atoms with E-state index in [2.05, 4.69) is 41.7 Å². The fourth-order valence-corrected chi connectivity index (χ4v) is 9.94. The minimum Gasteiger partial charge on any atom is -0.322 e. The summed E-state index contributed by atoms with van der Waals surface area (Å²) in [6, 6.07) is 22.9. The van der Waals surface area contributed by atoms with Crippen molar-refractivity contribution in [2.24, 2.45) is 10.2 Å². The summed E-state index contributed by atoms with van der Waals surface area (Å²) in [5.74, 6) is -2.97. The number of carbonyl (C=O) groups is 4. The van der Waals surface area contributed by atoms with Crippen LogP contribution in [-0.4, -0.2) is 126 Å². The number of anilines is 4. The third-order valence-electron chi connectivity index (χ3n) is 10.6. The maximum Gasteiger partial charge on any atom is 0.295 e. The molecule has 0 bridgehead atoms. The largest absolute Gasteiger partial charge is 0.322 e. The van der Waals surface area contributed by atoms with E-state index in [-0.39, 0.29) is 97.1 Å². The first-order chi connectivity index (χ1) is 34.8. The molecular weight excluding hydrogens is 1070 g/mol. The summed E-state index contributed by atoms with van der Waals surface area (Å²) in [7, 11) is -19.6. The van der Waals surface area contributed by atoms with Gasteiger partial charge in [-0.1, -0.05) is 24.3 Å². The van der Waals surface area contributed by atoms with Crippen LogP contribution in [0.15, 0.2) is 154 Å². The van der Waals surface area contributed by atoms with Crippen molar-refractivity contribution in [1.29, 1.82) is 0 Å². The van der Waals surface area contributed by atoms with Crippen molar-refractivity contribution < 1.29 is 71.1 Å². The second-order valence-electron chi connectivity index (χ2n) is 15.5. The van der Waals surface area contributed by atoms with Crippen molar-refractivity contribution >= 4 is 150 Å². The third-order valence-corrected chi connectivity index (χ3v) is 14.2. The summed E-state index contributed by atoms with van der Waals surface area (Å²) < 4.78 is 138. The summed E-state index contributed by atoms with van der Waals surface area (Å²) >= 11 is 0. The Hall–Kier alpha value is -7.74. The molecule has 0 fully saturated rings. The number of fused-ring (bicyclic) bond motifs is 2. The van der Waals surface area contributed by atoms with E-state index in [1.54, 1.807) is 0 Å². The van der Waals surface area contributed by atoms with Crippen LogP contribution in [0.4, 0.5) is 22.7 Å². The SMILES string of the molecule is O=C(Nc1ccc(/C=C/c2ccc(NC(=O)c3ccc(N/N=C4\C=C(S(=O)(=O)O)c5cccnc5C4=O)cc3)cc2S(=O)(=O)O)c(S(=O)(=O)O)c1)c1ccc(NN=C2C=C(S(=O)(=O)O)c3cccnc3C2=O)cc1.[Na]. The average Bonchev–Trinajstić information content (AvgIpc) is 3.35. The first kappa shape index (κ1) is 55.0. The van der Waals surface area contributed by atoms with Gasteiger partial charge in [-0.25, -0.2) is 0 Å². The molecule has 75 heavy (non-hydrogen) atoms. The molecule has 4 aromatic carbocycles. The number of benzene rings is 4. The quantitative estimate of drug-likeness (QED) is 0.0306. The Morgan fingerprint density at radius 2 is 0.827 bits per heavy atom. The first-order valence-corrected chi connectivity index (χ1v) is 26.4. The first-order valence-electron chi connectivity index (χ1n) is 20.6. The van der Waals surface area contributed by atoms with E-state index >= 15 is 0 Å². The molecule has 24 nitrogen and oxygen atoms in total. The molecule has 0 aliphatic heterocycles. The summed E-state index contributed by atoms with van der Waals surface area (Å²) in [4.78, 5) is 57.4. The third kappa shape index (κ3) is 12.6. The number of carbonyl (C=O) groups excluding carboxylic acids is 4. The van der Waals surface area contributed by atoms with Crippen LogP contribution >= 0.6 is 0 Å². The normalized spacial score (nSPS) is 14.8. The molecule has 0 spiro atoms. The molecule has 2 amide bonds. The second-order valence-corrected chi connectivity index (χ2v) is 21.1. The molecule has 6 aromatic rings. The molecule has 2 aliphatic carbocycles. The second kappa shape index (κ2) is 21.6. The minimum atomic E-state index is -5.00. The van der Waals surface area contributed by atoms with Crippen molar-refractivity contribution in [3.63, 3.8) is 0 Å². The topological polar surface area (TPSA) is 384 Å². The fraction of sp³-hybridized carbons (Fsp3) is 0. The van der Waals surface area contributed by atoms with Crippen molar-refractivity contribution in [2.75, 3.05) is 21.5 Å². The maximum atomic E-state index is 13.2. The molecule has 2 heterocycles. The van der Waals surface area contributed by atoms with Crippen molar-refractivity contribution in [3.8, 4) is 0 Å². The summed E-state index contributed by atoms with van der Waals surface area (Å²) in [6.45, 7) is 0. The Kier molecular flexibility index (Phi) is 15.9. The van der Waals surface area contributed by atoms with Crippen molar-refractivity contribution in [3.05, 3.63) is 179 Å². The standard InChI is InChI=1S/C46H32N8O16S4.Na/c55-43-35(23-39(73(65,66)67)33-3-1-19-47-41(33)43)53-51-29-13-9-27(10-14-29)45(57)49-31-17-7-25(37(21-31)71(59,60)61)5-6-26-8-18-32(22-38(26)72(62,63)64)50-46(58)28-11-15-30(16-12-28)52-54-36-24-40(74(68,69)70)34-4-2-20-48-42(34)44(36)56;/h1-24,51-52H,(H,49,57)(H,50,58)(H,59,60,61)(H,62,63,64)(H,65,66,67)(H,68,69,70);/b6-5+,53-35+,54-36?;. The molecule has 2 aliphatic rings. The van der Waals surface area contributed by atoms with Gasteiger partial charge in [0.1, 0.15) is 42.4 Å². The summed E-state index contributed by atoms with van der Waals surface area (Å²) in [5.41, 5.74) is 3.55.